The van der Waals surface area contributed by atoms with Gasteiger partial charge in [0.2, 0.25) is 5.91 Å². The average molecular weight is 435 g/mol. The quantitative estimate of drug-likeness (QED) is 0.486. The third-order valence-corrected chi connectivity index (χ3v) is 6.20. The fourth-order valence-electron chi connectivity index (χ4n) is 3.49. The Labute approximate surface area is 183 Å². The highest BCUT2D eigenvalue weighted by molar-refractivity contribution is 7.22. The largest absolute Gasteiger partial charge is 0.441 e. The Hall–Kier alpha value is -3.23. The number of benzene rings is 2. The van der Waals surface area contributed by atoms with Gasteiger partial charge in [0.05, 0.1) is 29.6 Å². The summed E-state index contributed by atoms with van der Waals surface area (Å²) in [5, 5.41) is 3.97. The van der Waals surface area contributed by atoms with Crippen molar-refractivity contribution in [3.63, 3.8) is 0 Å². The molecule has 0 atom stereocenters. The number of hydrogen-bond donors (Lipinski definition) is 1. The summed E-state index contributed by atoms with van der Waals surface area (Å²) in [6.45, 7) is 3.18. The molecule has 2 aromatic heterocycles. The van der Waals surface area contributed by atoms with E-state index in [2.05, 4.69) is 15.2 Å². The van der Waals surface area contributed by atoms with Gasteiger partial charge in [0.15, 0.2) is 16.8 Å². The molecule has 1 aliphatic heterocycles. The van der Waals surface area contributed by atoms with Gasteiger partial charge in [-0.1, -0.05) is 41.7 Å². The van der Waals surface area contributed by atoms with E-state index in [4.69, 9.17) is 14.1 Å². The maximum Gasteiger partial charge on any atom is 0.224 e. The third kappa shape index (κ3) is 4.60. The molecule has 5 rings (SSSR count). The molecule has 1 aliphatic rings. The molecule has 0 unspecified atom stereocenters. The van der Waals surface area contributed by atoms with Crippen LogP contribution in [0.5, 0.6) is 0 Å². The standard InChI is InChI=1S/C23H22N4O3S/c28-21(8-9-22-24-15-19(30-22)16-4-2-1-3-5-16)25-17-6-7-18-20(14-17)31-23(26-18)27-10-12-29-13-11-27/h1-7,14-15H,8-13H2,(H,25,28). The van der Waals surface area contributed by atoms with Gasteiger partial charge in [-0.2, -0.15) is 0 Å². The van der Waals surface area contributed by atoms with E-state index >= 15 is 0 Å². The van der Waals surface area contributed by atoms with Crippen molar-refractivity contribution in [3.8, 4) is 11.3 Å². The number of aromatic nitrogens is 2. The number of ether oxygens (including phenoxy) is 1. The number of nitrogens with zero attached hydrogens (tertiary/aromatic N) is 3. The van der Waals surface area contributed by atoms with Crippen molar-refractivity contribution in [2.75, 3.05) is 36.5 Å². The first-order valence-electron chi connectivity index (χ1n) is 10.3. The molecule has 1 N–H and O–H groups in total. The Morgan fingerprint density at radius 1 is 1.13 bits per heavy atom. The summed E-state index contributed by atoms with van der Waals surface area (Å²) in [6.07, 6.45) is 2.45. The summed E-state index contributed by atoms with van der Waals surface area (Å²) in [5.41, 5.74) is 2.68. The number of aryl methyl sites for hydroxylation is 1. The van der Waals surface area contributed by atoms with Crippen LogP contribution in [0.1, 0.15) is 12.3 Å². The van der Waals surface area contributed by atoms with Crippen molar-refractivity contribution in [2.45, 2.75) is 12.8 Å². The molecule has 0 bridgehead atoms. The maximum absolute atomic E-state index is 12.4. The lowest BCUT2D eigenvalue weighted by molar-refractivity contribution is -0.116. The number of oxazole rings is 1. The zero-order valence-corrected chi connectivity index (χ0v) is 17.7. The number of carbonyl (C=O) groups excluding carboxylic acids is 1. The first-order valence-corrected chi connectivity index (χ1v) is 11.1. The van der Waals surface area contributed by atoms with E-state index in [1.54, 1.807) is 17.5 Å². The van der Waals surface area contributed by atoms with E-state index in [1.807, 2.05) is 48.5 Å². The topological polar surface area (TPSA) is 80.5 Å². The van der Waals surface area contributed by atoms with Crippen LogP contribution in [0.2, 0.25) is 0 Å². The molecule has 31 heavy (non-hydrogen) atoms. The highest BCUT2D eigenvalue weighted by Gasteiger charge is 2.16. The van der Waals surface area contributed by atoms with Crippen molar-refractivity contribution >= 4 is 38.3 Å². The fourth-order valence-corrected chi connectivity index (χ4v) is 4.54. The minimum absolute atomic E-state index is 0.0725. The average Bonchev–Trinajstić information content (AvgIpc) is 3.46. The lowest BCUT2D eigenvalue weighted by Gasteiger charge is -2.25. The maximum atomic E-state index is 12.4. The van der Waals surface area contributed by atoms with E-state index in [9.17, 15) is 4.79 Å². The molecular formula is C23H22N4O3S. The Morgan fingerprint density at radius 3 is 2.81 bits per heavy atom. The van der Waals surface area contributed by atoms with Crippen LogP contribution in [0.3, 0.4) is 0 Å². The summed E-state index contributed by atoms with van der Waals surface area (Å²) in [5.74, 6) is 1.20. The van der Waals surface area contributed by atoms with Crippen LogP contribution in [0, 0.1) is 0 Å². The van der Waals surface area contributed by atoms with E-state index in [1.165, 1.54) is 0 Å². The predicted molar refractivity (Wildman–Crippen MR) is 122 cm³/mol. The van der Waals surface area contributed by atoms with Crippen LogP contribution in [-0.2, 0) is 16.0 Å². The zero-order chi connectivity index (χ0) is 21.0. The summed E-state index contributed by atoms with van der Waals surface area (Å²) in [6, 6.07) is 15.6. The second-order valence-electron chi connectivity index (χ2n) is 7.31. The molecule has 7 nitrogen and oxygen atoms in total. The molecule has 1 amide bonds. The number of rotatable bonds is 6. The Kier molecular flexibility index (Phi) is 5.64. The zero-order valence-electron chi connectivity index (χ0n) is 16.9. The number of anilines is 2. The van der Waals surface area contributed by atoms with Gasteiger partial charge in [-0.15, -0.1) is 0 Å². The smallest absolute Gasteiger partial charge is 0.224 e. The van der Waals surface area contributed by atoms with Crippen LogP contribution < -0.4 is 10.2 Å². The van der Waals surface area contributed by atoms with Crippen LogP contribution >= 0.6 is 11.3 Å². The predicted octanol–water partition coefficient (Wildman–Crippen LogP) is 4.36. The first kappa shape index (κ1) is 19.7. The minimum Gasteiger partial charge on any atom is -0.441 e. The van der Waals surface area contributed by atoms with Crippen molar-refractivity contribution in [3.05, 3.63) is 60.6 Å². The SMILES string of the molecule is O=C(CCc1ncc(-c2ccccc2)o1)Nc1ccc2nc(N3CCOCC3)sc2c1. The number of amides is 1. The summed E-state index contributed by atoms with van der Waals surface area (Å²) in [4.78, 5) is 23.7. The molecule has 1 fully saturated rings. The van der Waals surface area contributed by atoms with Crippen molar-refractivity contribution in [1.29, 1.82) is 0 Å². The number of carbonyl (C=O) groups is 1. The van der Waals surface area contributed by atoms with E-state index in [-0.39, 0.29) is 5.91 Å². The summed E-state index contributed by atoms with van der Waals surface area (Å²) >= 11 is 1.64. The van der Waals surface area contributed by atoms with Gasteiger partial charge in [-0.25, -0.2) is 9.97 Å². The molecule has 0 radical (unpaired) electrons. The minimum atomic E-state index is -0.0725. The number of hydrogen-bond acceptors (Lipinski definition) is 7. The molecule has 158 valence electrons. The van der Waals surface area contributed by atoms with Crippen LogP contribution in [-0.4, -0.2) is 42.2 Å². The van der Waals surface area contributed by atoms with Gasteiger partial charge in [0.1, 0.15) is 0 Å². The molecule has 0 spiro atoms. The molecular weight excluding hydrogens is 412 g/mol. The highest BCUT2D eigenvalue weighted by atomic mass is 32.1. The molecule has 0 aliphatic carbocycles. The lowest BCUT2D eigenvalue weighted by atomic mass is 10.2. The first-order chi connectivity index (χ1) is 15.2. The van der Waals surface area contributed by atoms with Gasteiger partial charge < -0.3 is 19.4 Å². The van der Waals surface area contributed by atoms with Gasteiger partial charge in [-0.3, -0.25) is 4.79 Å². The Balaban J connectivity index is 1.20. The van der Waals surface area contributed by atoms with E-state index < -0.39 is 0 Å². The third-order valence-electron chi connectivity index (χ3n) is 5.12. The van der Waals surface area contributed by atoms with Crippen LogP contribution in [0.25, 0.3) is 21.5 Å². The number of nitrogens with one attached hydrogen (secondary N) is 1. The number of thiazole rings is 1. The van der Waals surface area contributed by atoms with Crippen molar-refractivity contribution in [2.24, 2.45) is 0 Å². The van der Waals surface area contributed by atoms with Gasteiger partial charge >= 0.3 is 0 Å². The second kappa shape index (κ2) is 8.87. The van der Waals surface area contributed by atoms with Gasteiger partial charge in [0, 0.05) is 37.2 Å². The van der Waals surface area contributed by atoms with Crippen LogP contribution in [0.15, 0.2) is 59.1 Å². The fraction of sp³-hybridized carbons (Fsp3) is 0.261. The monoisotopic (exact) mass is 434 g/mol. The molecule has 2 aromatic carbocycles. The number of morpholine rings is 1. The lowest BCUT2D eigenvalue weighted by Crippen LogP contribution is -2.36. The Morgan fingerprint density at radius 2 is 1.97 bits per heavy atom. The normalized spacial score (nSPS) is 14.1. The molecule has 8 heteroatoms. The van der Waals surface area contributed by atoms with E-state index in [0.717, 1.165) is 52.9 Å². The molecule has 3 heterocycles. The summed E-state index contributed by atoms with van der Waals surface area (Å²) in [7, 11) is 0. The van der Waals surface area contributed by atoms with Crippen LogP contribution in [0.4, 0.5) is 10.8 Å². The van der Waals surface area contributed by atoms with Crippen molar-refractivity contribution < 1.29 is 13.9 Å². The molecule has 0 saturated carbocycles. The Bertz CT molecular complexity index is 1180. The highest BCUT2D eigenvalue weighted by Crippen LogP contribution is 2.31. The van der Waals surface area contributed by atoms with Gasteiger partial charge in [0.25, 0.3) is 0 Å². The van der Waals surface area contributed by atoms with E-state index in [0.29, 0.717) is 24.5 Å². The van der Waals surface area contributed by atoms with Gasteiger partial charge in [-0.05, 0) is 18.2 Å². The van der Waals surface area contributed by atoms with Crippen molar-refractivity contribution in [1.82, 2.24) is 9.97 Å². The summed E-state index contributed by atoms with van der Waals surface area (Å²) < 4.78 is 12.2. The second-order valence-corrected chi connectivity index (χ2v) is 8.32. The molecule has 4 aromatic rings. The molecule has 1 saturated heterocycles. The number of fused-ring (bicyclic) bond motifs is 1.